The summed E-state index contributed by atoms with van der Waals surface area (Å²) in [6, 6.07) is 5.81. The summed E-state index contributed by atoms with van der Waals surface area (Å²) in [5.74, 6) is -0.289. The van der Waals surface area contributed by atoms with E-state index >= 15 is 0 Å². The van der Waals surface area contributed by atoms with E-state index in [0.717, 1.165) is 64.1 Å². The first-order valence-electron chi connectivity index (χ1n) is 9.53. The Balaban J connectivity index is 1.73. The van der Waals surface area contributed by atoms with Gasteiger partial charge in [0.15, 0.2) is 0 Å². The molecule has 6 heteroatoms. The number of rotatable bonds is 6. The zero-order chi connectivity index (χ0) is 18.6. The monoisotopic (exact) mass is 363 g/mol. The predicted octanol–water partition coefficient (Wildman–Crippen LogP) is 2.19. The van der Waals surface area contributed by atoms with E-state index < -0.39 is 6.04 Å². The maximum atomic E-state index is 13.3. The summed E-state index contributed by atoms with van der Waals surface area (Å²) in [4.78, 5) is 17.5. The van der Waals surface area contributed by atoms with Gasteiger partial charge in [0, 0.05) is 19.6 Å². The zero-order valence-electron chi connectivity index (χ0n) is 15.8. The van der Waals surface area contributed by atoms with Crippen LogP contribution in [0.5, 0.6) is 0 Å². The van der Waals surface area contributed by atoms with Crippen LogP contribution in [0.25, 0.3) is 0 Å². The molecule has 1 heterocycles. The highest BCUT2D eigenvalue weighted by Crippen LogP contribution is 2.32. The van der Waals surface area contributed by atoms with E-state index in [1.807, 2.05) is 19.0 Å². The largest absolute Gasteiger partial charge is 0.379 e. The molecular formula is C20H30FN3O2. The molecule has 1 atom stereocenters. The van der Waals surface area contributed by atoms with Crippen molar-refractivity contribution in [3.8, 4) is 0 Å². The lowest BCUT2D eigenvalue weighted by Gasteiger charge is -2.39. The molecule has 26 heavy (non-hydrogen) atoms. The van der Waals surface area contributed by atoms with Crippen molar-refractivity contribution in [2.45, 2.75) is 37.3 Å². The van der Waals surface area contributed by atoms with E-state index in [1.54, 1.807) is 12.1 Å². The first kappa shape index (κ1) is 19.3. The summed E-state index contributed by atoms with van der Waals surface area (Å²) < 4.78 is 18.7. The molecule has 1 aliphatic heterocycles. The van der Waals surface area contributed by atoms with Crippen molar-refractivity contribution in [3.63, 3.8) is 0 Å². The van der Waals surface area contributed by atoms with Gasteiger partial charge in [-0.1, -0.05) is 25.0 Å². The molecule has 0 spiro atoms. The molecule has 2 fully saturated rings. The van der Waals surface area contributed by atoms with Gasteiger partial charge in [-0.25, -0.2) is 4.39 Å². The van der Waals surface area contributed by atoms with Crippen molar-refractivity contribution >= 4 is 5.91 Å². The van der Waals surface area contributed by atoms with Crippen LogP contribution in [0.2, 0.25) is 0 Å². The fourth-order valence-corrected chi connectivity index (χ4v) is 4.22. The highest BCUT2D eigenvalue weighted by molar-refractivity contribution is 5.84. The topological polar surface area (TPSA) is 44.8 Å². The molecule has 1 aliphatic carbocycles. The first-order chi connectivity index (χ1) is 12.5. The molecule has 144 valence electrons. The zero-order valence-corrected chi connectivity index (χ0v) is 15.8. The standard InChI is InChI=1S/C20H30FN3O2/c1-23(2)18(16-5-7-17(21)8-6-16)19(25)22-20(9-3-4-10-20)15-24-11-13-26-14-12-24/h5-8,18H,3-4,9-15H2,1-2H3,(H,22,25)/t18-/m0/s1. The van der Waals surface area contributed by atoms with E-state index in [0.29, 0.717) is 0 Å². The Bertz CT molecular complexity index is 594. The predicted molar refractivity (Wildman–Crippen MR) is 99.4 cm³/mol. The van der Waals surface area contributed by atoms with Crippen LogP contribution >= 0.6 is 0 Å². The normalized spacial score (nSPS) is 21.7. The molecule has 5 nitrogen and oxygen atoms in total. The third-order valence-corrected chi connectivity index (χ3v) is 5.53. The molecule has 1 N–H and O–H groups in total. The van der Waals surface area contributed by atoms with Crippen LogP contribution in [0, 0.1) is 5.82 Å². The van der Waals surface area contributed by atoms with Crippen LogP contribution in [0.4, 0.5) is 4.39 Å². The van der Waals surface area contributed by atoms with E-state index in [9.17, 15) is 9.18 Å². The third kappa shape index (κ3) is 4.61. The Kier molecular flexibility index (Phi) is 6.27. The van der Waals surface area contributed by atoms with Crippen LogP contribution in [-0.2, 0) is 9.53 Å². The average molecular weight is 363 g/mol. The van der Waals surface area contributed by atoms with Crippen molar-refractivity contribution in [3.05, 3.63) is 35.6 Å². The fourth-order valence-electron chi connectivity index (χ4n) is 4.22. The highest BCUT2D eigenvalue weighted by Gasteiger charge is 2.39. The van der Waals surface area contributed by atoms with Crippen molar-refractivity contribution in [2.24, 2.45) is 0 Å². The van der Waals surface area contributed by atoms with Gasteiger partial charge in [-0.2, -0.15) is 0 Å². The summed E-state index contributed by atoms with van der Waals surface area (Å²) in [5, 5.41) is 3.38. The second-order valence-electron chi connectivity index (χ2n) is 7.78. The number of nitrogens with zero attached hydrogens (tertiary/aromatic N) is 2. The SMILES string of the molecule is CN(C)[C@H](C(=O)NC1(CN2CCOCC2)CCCC1)c1ccc(F)cc1. The summed E-state index contributed by atoms with van der Waals surface area (Å²) >= 11 is 0. The van der Waals surface area contributed by atoms with Crippen molar-refractivity contribution in [1.82, 2.24) is 15.1 Å². The molecule has 1 aromatic carbocycles. The number of carbonyl (C=O) groups is 1. The first-order valence-corrected chi connectivity index (χ1v) is 9.53. The summed E-state index contributed by atoms with van der Waals surface area (Å²) in [6.45, 7) is 4.25. The third-order valence-electron chi connectivity index (χ3n) is 5.53. The minimum absolute atomic E-state index is 0.00299. The Hall–Kier alpha value is -1.50. The van der Waals surface area contributed by atoms with Gasteiger partial charge in [-0.05, 0) is 44.6 Å². The number of ether oxygens (including phenoxy) is 1. The minimum atomic E-state index is -0.419. The van der Waals surface area contributed by atoms with E-state index in [2.05, 4.69) is 10.2 Å². The van der Waals surface area contributed by atoms with Gasteiger partial charge in [0.05, 0.1) is 18.8 Å². The molecule has 2 aliphatic rings. The minimum Gasteiger partial charge on any atom is -0.379 e. The number of likely N-dealkylation sites (N-methyl/N-ethyl adjacent to an activating group) is 1. The number of morpholine rings is 1. The average Bonchev–Trinajstić information content (AvgIpc) is 3.05. The Morgan fingerprint density at radius 3 is 2.42 bits per heavy atom. The van der Waals surface area contributed by atoms with Gasteiger partial charge < -0.3 is 10.1 Å². The molecule has 1 saturated heterocycles. The number of amides is 1. The Morgan fingerprint density at radius 2 is 1.85 bits per heavy atom. The van der Waals surface area contributed by atoms with Gasteiger partial charge in [-0.3, -0.25) is 14.6 Å². The molecule has 0 radical (unpaired) electrons. The van der Waals surface area contributed by atoms with Gasteiger partial charge in [-0.15, -0.1) is 0 Å². The maximum absolute atomic E-state index is 13.3. The molecule has 0 aromatic heterocycles. The number of halogens is 1. The Morgan fingerprint density at radius 1 is 1.23 bits per heavy atom. The smallest absolute Gasteiger partial charge is 0.242 e. The number of carbonyl (C=O) groups excluding carboxylic acids is 1. The molecule has 1 amide bonds. The van der Waals surface area contributed by atoms with E-state index in [4.69, 9.17) is 4.74 Å². The second-order valence-corrected chi connectivity index (χ2v) is 7.78. The highest BCUT2D eigenvalue weighted by atomic mass is 19.1. The molecule has 1 saturated carbocycles. The number of benzene rings is 1. The molecule has 3 rings (SSSR count). The quantitative estimate of drug-likeness (QED) is 0.842. The lowest BCUT2D eigenvalue weighted by atomic mass is 9.94. The molecule has 0 bridgehead atoms. The van der Waals surface area contributed by atoms with Crippen LogP contribution < -0.4 is 5.32 Å². The lowest BCUT2D eigenvalue weighted by molar-refractivity contribution is -0.128. The molecular weight excluding hydrogens is 333 g/mol. The van der Waals surface area contributed by atoms with Crippen molar-refractivity contribution < 1.29 is 13.9 Å². The maximum Gasteiger partial charge on any atom is 0.242 e. The summed E-state index contributed by atoms with van der Waals surface area (Å²) in [6.07, 6.45) is 4.32. The number of nitrogens with one attached hydrogen (secondary N) is 1. The van der Waals surface area contributed by atoms with Gasteiger partial charge in [0.25, 0.3) is 0 Å². The summed E-state index contributed by atoms with van der Waals surface area (Å²) in [5.41, 5.74) is 0.649. The summed E-state index contributed by atoms with van der Waals surface area (Å²) in [7, 11) is 3.77. The number of hydrogen-bond acceptors (Lipinski definition) is 4. The van der Waals surface area contributed by atoms with Crippen LogP contribution in [0.1, 0.15) is 37.3 Å². The van der Waals surface area contributed by atoms with Gasteiger partial charge in [0.2, 0.25) is 5.91 Å². The van der Waals surface area contributed by atoms with E-state index in [1.165, 1.54) is 12.1 Å². The Labute approximate surface area is 155 Å². The second kappa shape index (κ2) is 8.46. The van der Waals surface area contributed by atoms with Gasteiger partial charge >= 0.3 is 0 Å². The van der Waals surface area contributed by atoms with Crippen molar-refractivity contribution in [1.29, 1.82) is 0 Å². The lowest BCUT2D eigenvalue weighted by Crippen LogP contribution is -2.57. The van der Waals surface area contributed by atoms with Gasteiger partial charge in [0.1, 0.15) is 11.9 Å². The fraction of sp³-hybridized carbons (Fsp3) is 0.650. The van der Waals surface area contributed by atoms with E-state index in [-0.39, 0.29) is 17.3 Å². The molecule has 1 aromatic rings. The number of hydrogen-bond donors (Lipinski definition) is 1. The van der Waals surface area contributed by atoms with Crippen LogP contribution in [-0.4, -0.2) is 68.2 Å². The molecule has 0 unspecified atom stereocenters. The van der Waals surface area contributed by atoms with Crippen LogP contribution in [0.15, 0.2) is 24.3 Å². The van der Waals surface area contributed by atoms with Crippen molar-refractivity contribution in [2.75, 3.05) is 46.9 Å². The van der Waals surface area contributed by atoms with Crippen LogP contribution in [0.3, 0.4) is 0 Å².